The van der Waals surface area contributed by atoms with Crippen molar-refractivity contribution in [2.45, 2.75) is 51.0 Å². The first-order valence-corrected chi connectivity index (χ1v) is 8.89. The van der Waals surface area contributed by atoms with E-state index in [1.54, 1.807) is 0 Å². The molecule has 0 aromatic heterocycles. The lowest BCUT2D eigenvalue weighted by atomic mass is 9.89. The van der Waals surface area contributed by atoms with Crippen LogP contribution in [0.1, 0.15) is 53.6 Å². The fourth-order valence-electron chi connectivity index (χ4n) is 3.57. The summed E-state index contributed by atoms with van der Waals surface area (Å²) in [5.74, 6) is 0.0655. The molecule has 4 nitrogen and oxygen atoms in total. The van der Waals surface area contributed by atoms with Crippen LogP contribution in [-0.4, -0.2) is 29.4 Å². The lowest BCUT2D eigenvalue weighted by Crippen LogP contribution is -2.33. The normalized spacial score (nSPS) is 22.2. The van der Waals surface area contributed by atoms with Crippen LogP contribution in [0.4, 0.5) is 0 Å². The molecule has 24 heavy (non-hydrogen) atoms. The minimum atomic E-state index is -0.102. The smallest absolute Gasteiger partial charge is 0.220 e. The zero-order valence-corrected chi connectivity index (χ0v) is 14.0. The quantitative estimate of drug-likeness (QED) is 0.623. The van der Waals surface area contributed by atoms with E-state index in [4.69, 9.17) is 5.11 Å². The number of aliphatic hydroxyl groups excluding tert-OH is 1. The van der Waals surface area contributed by atoms with Crippen LogP contribution in [0.2, 0.25) is 0 Å². The first-order valence-electron chi connectivity index (χ1n) is 8.89. The number of Topliss-reactive ketones (excluding diaryl/α,β-unsaturated/α-hetero) is 1. The Morgan fingerprint density at radius 1 is 1.08 bits per heavy atom. The molecule has 3 rings (SSSR count). The van der Waals surface area contributed by atoms with E-state index in [2.05, 4.69) is 11.4 Å². The number of ketones is 1. The molecule has 0 fully saturated rings. The topological polar surface area (TPSA) is 66.4 Å². The van der Waals surface area contributed by atoms with Gasteiger partial charge in [-0.2, -0.15) is 0 Å². The molecule has 1 amide bonds. The lowest BCUT2D eigenvalue weighted by molar-refractivity contribution is -0.121. The summed E-state index contributed by atoms with van der Waals surface area (Å²) < 4.78 is 0. The second-order valence-corrected chi connectivity index (χ2v) is 6.85. The van der Waals surface area contributed by atoms with Crippen molar-refractivity contribution in [2.24, 2.45) is 5.92 Å². The number of nitrogens with one attached hydrogen (secondary N) is 1. The zero-order valence-electron chi connectivity index (χ0n) is 14.0. The fraction of sp³-hybridized carbons (Fsp3) is 0.500. The molecule has 1 aromatic carbocycles. The third-order valence-electron chi connectivity index (χ3n) is 5.00. The van der Waals surface area contributed by atoms with E-state index in [0.29, 0.717) is 0 Å². The molecule has 4 heteroatoms. The highest BCUT2D eigenvalue weighted by Gasteiger charge is 2.20. The number of fused-ring (bicyclic) bond motifs is 1. The third-order valence-corrected chi connectivity index (χ3v) is 5.00. The summed E-state index contributed by atoms with van der Waals surface area (Å²) in [5.41, 5.74) is 3.38. The van der Waals surface area contributed by atoms with E-state index in [1.807, 2.05) is 24.3 Å². The van der Waals surface area contributed by atoms with Gasteiger partial charge in [0.15, 0.2) is 5.78 Å². The van der Waals surface area contributed by atoms with E-state index in [-0.39, 0.29) is 43.1 Å². The second-order valence-electron chi connectivity index (χ2n) is 6.85. The highest BCUT2D eigenvalue weighted by atomic mass is 16.3. The summed E-state index contributed by atoms with van der Waals surface area (Å²) >= 11 is 0. The monoisotopic (exact) mass is 327 g/mol. The Morgan fingerprint density at radius 3 is 2.62 bits per heavy atom. The Kier molecular flexibility index (Phi) is 5.46. The van der Waals surface area contributed by atoms with Gasteiger partial charge in [-0.3, -0.25) is 9.59 Å². The van der Waals surface area contributed by atoms with Crippen molar-refractivity contribution in [3.63, 3.8) is 0 Å². The molecule has 0 saturated carbocycles. The molecule has 0 saturated heterocycles. The molecule has 0 aliphatic heterocycles. The van der Waals surface area contributed by atoms with Crippen molar-refractivity contribution in [3.8, 4) is 0 Å². The Morgan fingerprint density at radius 2 is 1.88 bits per heavy atom. The Bertz CT molecular complexity index is 650. The Hall–Kier alpha value is -1.94. The molecule has 1 aromatic rings. The van der Waals surface area contributed by atoms with Crippen LogP contribution >= 0.6 is 0 Å². The highest BCUT2D eigenvalue weighted by molar-refractivity contribution is 5.98. The number of carbonyl (C=O) groups is 2. The van der Waals surface area contributed by atoms with Gasteiger partial charge >= 0.3 is 0 Å². The molecule has 0 heterocycles. The van der Waals surface area contributed by atoms with Gasteiger partial charge in [0.25, 0.3) is 0 Å². The van der Waals surface area contributed by atoms with E-state index < -0.39 is 0 Å². The summed E-state index contributed by atoms with van der Waals surface area (Å²) in [5, 5.41) is 12.0. The maximum Gasteiger partial charge on any atom is 0.220 e. The van der Waals surface area contributed by atoms with Gasteiger partial charge in [-0.25, -0.2) is 0 Å². The van der Waals surface area contributed by atoms with Crippen molar-refractivity contribution in [2.75, 3.05) is 6.61 Å². The van der Waals surface area contributed by atoms with Crippen LogP contribution in [0.25, 0.3) is 0 Å². The lowest BCUT2D eigenvalue weighted by Gasteiger charge is -2.16. The molecule has 128 valence electrons. The Balaban J connectivity index is 1.48. The van der Waals surface area contributed by atoms with Crippen molar-refractivity contribution in [1.82, 2.24) is 5.32 Å². The molecular weight excluding hydrogens is 302 g/mol. The predicted octanol–water partition coefficient (Wildman–Crippen LogP) is 2.58. The van der Waals surface area contributed by atoms with Crippen LogP contribution in [0.15, 0.2) is 30.4 Å². The van der Waals surface area contributed by atoms with Crippen molar-refractivity contribution in [1.29, 1.82) is 0 Å². The van der Waals surface area contributed by atoms with Crippen LogP contribution in [0.5, 0.6) is 0 Å². The predicted molar refractivity (Wildman–Crippen MR) is 92.9 cm³/mol. The average Bonchev–Trinajstić information content (AvgIpc) is 3.06. The minimum Gasteiger partial charge on any atom is -0.396 e. The van der Waals surface area contributed by atoms with Gasteiger partial charge in [-0.05, 0) is 49.3 Å². The molecule has 0 radical (unpaired) electrons. The number of aliphatic hydroxyl groups is 1. The van der Waals surface area contributed by atoms with Gasteiger partial charge in [0.2, 0.25) is 5.91 Å². The van der Waals surface area contributed by atoms with Gasteiger partial charge in [0.05, 0.1) is 0 Å². The second kappa shape index (κ2) is 7.75. The molecular formula is C20H25NO3. The highest BCUT2D eigenvalue weighted by Crippen LogP contribution is 2.23. The van der Waals surface area contributed by atoms with Crippen molar-refractivity contribution in [3.05, 3.63) is 47.0 Å². The number of hydrogen-bond acceptors (Lipinski definition) is 3. The van der Waals surface area contributed by atoms with Gasteiger partial charge in [-0.1, -0.05) is 24.3 Å². The third kappa shape index (κ3) is 4.12. The maximum absolute atomic E-state index is 12.3. The molecule has 2 atom stereocenters. The fourth-order valence-corrected chi connectivity index (χ4v) is 3.57. The minimum absolute atomic E-state index is 0.0199. The van der Waals surface area contributed by atoms with E-state index >= 15 is 0 Å². The molecule has 0 unspecified atom stereocenters. The van der Waals surface area contributed by atoms with E-state index in [1.165, 1.54) is 24.0 Å². The van der Waals surface area contributed by atoms with Crippen LogP contribution in [-0.2, 0) is 17.6 Å². The Labute approximate surface area is 143 Å². The van der Waals surface area contributed by atoms with Gasteiger partial charge in [0.1, 0.15) is 0 Å². The summed E-state index contributed by atoms with van der Waals surface area (Å²) in [4.78, 5) is 24.3. The van der Waals surface area contributed by atoms with Crippen LogP contribution in [0.3, 0.4) is 0 Å². The number of aryl methyl sites for hydroxylation is 2. The van der Waals surface area contributed by atoms with Crippen molar-refractivity contribution < 1.29 is 14.7 Å². The van der Waals surface area contributed by atoms with Gasteiger partial charge in [-0.15, -0.1) is 0 Å². The number of carbonyl (C=O) groups excluding carboxylic acids is 2. The number of hydrogen-bond donors (Lipinski definition) is 2. The van der Waals surface area contributed by atoms with Crippen LogP contribution < -0.4 is 5.32 Å². The van der Waals surface area contributed by atoms with Gasteiger partial charge in [0, 0.05) is 37.0 Å². The molecule has 0 spiro atoms. The average molecular weight is 327 g/mol. The maximum atomic E-state index is 12.3. The van der Waals surface area contributed by atoms with E-state index in [9.17, 15) is 9.59 Å². The number of benzene rings is 1. The molecule has 0 bridgehead atoms. The standard InChI is InChI=1S/C20H25NO3/c22-13-14-5-8-18(11-14)21-20(24)10-9-19(23)17-7-6-15-3-1-2-4-16(15)12-17/h5-8,12,14,18,22H,1-4,9-11,13H2,(H,21,24)/t14-,18+/m0/s1. The van der Waals surface area contributed by atoms with Gasteiger partial charge < -0.3 is 10.4 Å². The summed E-state index contributed by atoms with van der Waals surface area (Å²) in [6, 6.07) is 5.96. The van der Waals surface area contributed by atoms with Crippen molar-refractivity contribution >= 4 is 11.7 Å². The SMILES string of the molecule is O=C(CCC(=O)c1ccc2c(c1)CCCC2)N[C@@H]1C=C[C@H](CO)C1. The first-order chi connectivity index (χ1) is 11.7. The number of rotatable bonds is 6. The van der Waals surface area contributed by atoms with E-state index in [0.717, 1.165) is 24.8 Å². The summed E-state index contributed by atoms with van der Waals surface area (Å²) in [7, 11) is 0. The summed E-state index contributed by atoms with van der Waals surface area (Å²) in [6.45, 7) is 0.111. The zero-order chi connectivity index (χ0) is 16.9. The largest absolute Gasteiger partial charge is 0.396 e. The molecule has 2 N–H and O–H groups in total. The molecule has 2 aliphatic carbocycles. The first kappa shape index (κ1) is 16.9. The summed E-state index contributed by atoms with van der Waals surface area (Å²) in [6.07, 6.45) is 9.62. The number of amides is 1. The van der Waals surface area contributed by atoms with Crippen LogP contribution in [0, 0.1) is 5.92 Å². The molecule has 2 aliphatic rings.